The molecule has 3 aliphatic carbocycles. The first-order chi connectivity index (χ1) is 12.1. The molecule has 140 valence electrons. The third-order valence-corrected chi connectivity index (χ3v) is 6.86. The van der Waals surface area contributed by atoms with Crippen molar-refractivity contribution in [3.05, 3.63) is 0 Å². The molecule has 0 aromatic carbocycles. The highest BCUT2D eigenvalue weighted by atomic mass is 16.3. The summed E-state index contributed by atoms with van der Waals surface area (Å²) in [6, 6.07) is 0. The van der Waals surface area contributed by atoms with Crippen molar-refractivity contribution in [2.45, 2.75) is 89.8 Å². The zero-order valence-electron chi connectivity index (χ0n) is 15.6. The summed E-state index contributed by atoms with van der Waals surface area (Å²) in [5, 5.41) is 21.1. The van der Waals surface area contributed by atoms with Gasteiger partial charge in [0.2, 0.25) is 0 Å². The normalized spacial score (nSPS) is 37.7. The van der Waals surface area contributed by atoms with Gasteiger partial charge in [-0.2, -0.15) is 0 Å². The van der Waals surface area contributed by atoms with Gasteiger partial charge in [-0.3, -0.25) is 4.79 Å². The fraction of sp³-hybridized carbons (Fsp3) is 0.864. The zero-order valence-corrected chi connectivity index (χ0v) is 15.6. The van der Waals surface area contributed by atoms with Crippen LogP contribution in [0.3, 0.4) is 0 Å². The smallest absolute Gasteiger partial charge is 0.139 e. The fourth-order valence-corrected chi connectivity index (χ4v) is 5.38. The molecule has 1 unspecified atom stereocenters. The molecule has 3 fully saturated rings. The van der Waals surface area contributed by atoms with Gasteiger partial charge >= 0.3 is 0 Å². The molecule has 0 aliphatic heterocycles. The number of hydrogen-bond donors (Lipinski definition) is 2. The monoisotopic (exact) mass is 346 g/mol. The van der Waals surface area contributed by atoms with Crippen LogP contribution < -0.4 is 0 Å². The second-order valence-corrected chi connectivity index (χ2v) is 8.49. The first-order valence-corrected chi connectivity index (χ1v) is 10.5. The van der Waals surface area contributed by atoms with Crippen LogP contribution >= 0.6 is 0 Å². The molecule has 3 heteroatoms. The predicted octanol–water partition coefficient (Wildman–Crippen LogP) is 3.71. The van der Waals surface area contributed by atoms with Crippen molar-refractivity contribution in [2.24, 2.45) is 29.6 Å². The Hall–Kier alpha value is -0.850. The summed E-state index contributed by atoms with van der Waals surface area (Å²) in [7, 11) is 0. The maximum Gasteiger partial charge on any atom is 0.139 e. The summed E-state index contributed by atoms with van der Waals surface area (Å²) >= 11 is 0. The van der Waals surface area contributed by atoms with E-state index in [9.17, 15) is 15.0 Å². The molecule has 25 heavy (non-hydrogen) atoms. The average molecular weight is 347 g/mol. The maximum absolute atomic E-state index is 12.3. The van der Waals surface area contributed by atoms with Crippen LogP contribution in [0.1, 0.15) is 77.6 Å². The Bertz CT molecular complexity index is 509. The van der Waals surface area contributed by atoms with Crippen molar-refractivity contribution >= 4 is 5.78 Å². The first-order valence-electron chi connectivity index (χ1n) is 10.5. The van der Waals surface area contributed by atoms with Gasteiger partial charge < -0.3 is 10.2 Å². The largest absolute Gasteiger partial charge is 0.392 e. The highest BCUT2D eigenvalue weighted by Crippen LogP contribution is 2.51. The number of hydrogen-bond acceptors (Lipinski definition) is 3. The number of carbonyl (C=O) groups excluding carboxylic acids is 1. The van der Waals surface area contributed by atoms with Gasteiger partial charge in [-0.1, -0.05) is 57.3 Å². The Morgan fingerprint density at radius 1 is 1.08 bits per heavy atom. The standard InChI is InChI=1S/C22H34O3/c1-2-8-17-21-16(20(24)14-12-18(21)22(17)25)11-13-19(23)15-9-6-4-3-5-7-10-15/h15-21,23-24H,2-10,12,14H2,1H3/t16-,17?,18-,19+,20+,21-/m0/s1. The number of rotatable bonds is 3. The minimum absolute atomic E-state index is 0.0859. The number of fused-ring (bicyclic) bond motifs is 1. The van der Waals surface area contributed by atoms with Gasteiger partial charge in [-0.05, 0) is 43.9 Å². The van der Waals surface area contributed by atoms with Crippen LogP contribution in [0, 0.1) is 41.4 Å². The highest BCUT2D eigenvalue weighted by Gasteiger charge is 2.55. The van der Waals surface area contributed by atoms with E-state index in [4.69, 9.17) is 0 Å². The molecule has 3 aliphatic rings. The molecule has 3 rings (SSSR count). The lowest BCUT2D eigenvalue weighted by atomic mass is 9.52. The molecule has 0 bridgehead atoms. The van der Waals surface area contributed by atoms with Crippen molar-refractivity contribution in [3.63, 3.8) is 0 Å². The van der Waals surface area contributed by atoms with E-state index in [1.807, 2.05) is 0 Å². The van der Waals surface area contributed by atoms with Gasteiger partial charge in [-0.15, -0.1) is 0 Å². The Balaban J connectivity index is 1.67. The molecule has 0 radical (unpaired) electrons. The lowest BCUT2D eigenvalue weighted by molar-refractivity contribution is -0.154. The Labute approximate surface area is 152 Å². The van der Waals surface area contributed by atoms with Crippen LogP contribution in [0.2, 0.25) is 0 Å². The van der Waals surface area contributed by atoms with Crippen molar-refractivity contribution < 1.29 is 15.0 Å². The summed E-state index contributed by atoms with van der Waals surface area (Å²) < 4.78 is 0. The van der Waals surface area contributed by atoms with Gasteiger partial charge in [-0.25, -0.2) is 0 Å². The fourth-order valence-electron chi connectivity index (χ4n) is 5.38. The topological polar surface area (TPSA) is 57.5 Å². The van der Waals surface area contributed by atoms with Crippen LogP contribution in [0.5, 0.6) is 0 Å². The summed E-state index contributed by atoms with van der Waals surface area (Å²) in [6.45, 7) is 2.11. The lowest BCUT2D eigenvalue weighted by Gasteiger charge is -2.50. The van der Waals surface area contributed by atoms with Crippen LogP contribution in [-0.2, 0) is 4.79 Å². The second-order valence-electron chi connectivity index (χ2n) is 8.49. The molecular weight excluding hydrogens is 312 g/mol. The predicted molar refractivity (Wildman–Crippen MR) is 98.7 cm³/mol. The molecule has 3 nitrogen and oxygen atoms in total. The van der Waals surface area contributed by atoms with E-state index in [0.29, 0.717) is 12.2 Å². The Kier molecular flexibility index (Phi) is 6.58. The molecule has 0 aromatic rings. The summed E-state index contributed by atoms with van der Waals surface area (Å²) in [5.41, 5.74) is 0. The minimum Gasteiger partial charge on any atom is -0.392 e. The van der Waals surface area contributed by atoms with E-state index in [0.717, 1.165) is 32.1 Å². The third kappa shape index (κ3) is 4.12. The Morgan fingerprint density at radius 3 is 2.44 bits per heavy atom. The number of carbonyl (C=O) groups is 1. The van der Waals surface area contributed by atoms with Gasteiger partial charge in [0.1, 0.15) is 11.9 Å². The van der Waals surface area contributed by atoms with Gasteiger partial charge in [0.15, 0.2) is 0 Å². The quantitative estimate of drug-likeness (QED) is 0.766. The van der Waals surface area contributed by atoms with E-state index in [1.165, 1.54) is 32.1 Å². The summed E-state index contributed by atoms with van der Waals surface area (Å²) in [4.78, 5) is 12.3. The van der Waals surface area contributed by atoms with E-state index in [1.54, 1.807) is 0 Å². The first kappa shape index (κ1) is 18.9. The minimum atomic E-state index is -0.578. The second kappa shape index (κ2) is 8.69. The van der Waals surface area contributed by atoms with E-state index >= 15 is 0 Å². The SMILES string of the molecule is CCCC1C(=O)[C@H]2CC[C@@H](O)[C@H](C#C[C@@H](O)C3CCCCCCC3)[C@@H]12. The third-order valence-electron chi connectivity index (χ3n) is 6.86. The molecule has 0 heterocycles. The zero-order chi connectivity index (χ0) is 17.8. The van der Waals surface area contributed by atoms with Crippen LogP contribution in [-0.4, -0.2) is 28.2 Å². The summed E-state index contributed by atoms with van der Waals surface area (Å²) in [6.07, 6.45) is 10.7. The van der Waals surface area contributed by atoms with Gasteiger partial charge in [0.25, 0.3) is 0 Å². The van der Waals surface area contributed by atoms with Crippen molar-refractivity contribution in [1.29, 1.82) is 0 Å². The number of ketones is 1. The van der Waals surface area contributed by atoms with Gasteiger partial charge in [0.05, 0.1) is 12.0 Å². The van der Waals surface area contributed by atoms with E-state index in [-0.39, 0.29) is 29.6 Å². The molecule has 6 atom stereocenters. The molecule has 0 saturated heterocycles. The van der Waals surface area contributed by atoms with E-state index < -0.39 is 12.2 Å². The molecule has 0 spiro atoms. The van der Waals surface area contributed by atoms with Crippen molar-refractivity contribution in [3.8, 4) is 11.8 Å². The summed E-state index contributed by atoms with van der Waals surface area (Å²) in [5.74, 6) is 7.29. The van der Waals surface area contributed by atoms with Crippen LogP contribution in [0.4, 0.5) is 0 Å². The number of aliphatic hydroxyl groups excluding tert-OH is 2. The average Bonchev–Trinajstić information content (AvgIpc) is 2.57. The maximum atomic E-state index is 12.3. The Morgan fingerprint density at radius 2 is 1.76 bits per heavy atom. The van der Waals surface area contributed by atoms with Gasteiger partial charge in [0, 0.05) is 11.8 Å². The lowest BCUT2D eigenvalue weighted by Crippen LogP contribution is -2.56. The van der Waals surface area contributed by atoms with Crippen molar-refractivity contribution in [1.82, 2.24) is 0 Å². The molecule has 0 amide bonds. The molecule has 3 saturated carbocycles. The van der Waals surface area contributed by atoms with Crippen LogP contribution in [0.25, 0.3) is 0 Å². The van der Waals surface area contributed by atoms with Crippen LogP contribution in [0.15, 0.2) is 0 Å². The van der Waals surface area contributed by atoms with Crippen molar-refractivity contribution in [2.75, 3.05) is 0 Å². The molecular formula is C22H34O3. The molecule has 2 N–H and O–H groups in total. The number of Topliss-reactive ketones (excluding diaryl/α,β-unsaturated/α-hetero) is 1. The number of aliphatic hydroxyl groups is 2. The van der Waals surface area contributed by atoms with E-state index in [2.05, 4.69) is 18.8 Å². The highest BCUT2D eigenvalue weighted by molar-refractivity contribution is 5.90. The molecule has 0 aromatic heterocycles.